The Balaban J connectivity index is 1.70. The van der Waals surface area contributed by atoms with Crippen molar-refractivity contribution < 1.29 is 23.5 Å². The number of carbonyl (C=O) groups is 2. The highest BCUT2D eigenvalue weighted by Gasteiger charge is 2.28. The summed E-state index contributed by atoms with van der Waals surface area (Å²) >= 11 is 0. The maximum atomic E-state index is 13.6. The van der Waals surface area contributed by atoms with Gasteiger partial charge in [-0.25, -0.2) is 14.4 Å². The summed E-state index contributed by atoms with van der Waals surface area (Å²) in [6.45, 7) is 9.16. The van der Waals surface area contributed by atoms with Crippen molar-refractivity contribution in [3.8, 4) is 5.75 Å². The second kappa shape index (κ2) is 11.1. The van der Waals surface area contributed by atoms with Crippen molar-refractivity contribution in [2.45, 2.75) is 71.9 Å². The second-order valence-corrected chi connectivity index (χ2v) is 10.5. The van der Waals surface area contributed by atoms with E-state index in [0.29, 0.717) is 17.4 Å². The van der Waals surface area contributed by atoms with Crippen LogP contribution in [0.5, 0.6) is 5.75 Å². The Hall–Kier alpha value is -4.07. The number of ether oxygens (including phenoxy) is 2. The lowest BCUT2D eigenvalue weighted by Gasteiger charge is -2.23. The van der Waals surface area contributed by atoms with Crippen LogP contribution in [0.3, 0.4) is 0 Å². The third kappa shape index (κ3) is 6.43. The zero-order chi connectivity index (χ0) is 27.4. The van der Waals surface area contributed by atoms with Crippen molar-refractivity contribution in [2.24, 2.45) is 0 Å². The van der Waals surface area contributed by atoms with Gasteiger partial charge in [0.1, 0.15) is 23.0 Å². The van der Waals surface area contributed by atoms with E-state index in [4.69, 9.17) is 13.9 Å². The van der Waals surface area contributed by atoms with Gasteiger partial charge in [0.05, 0.1) is 5.39 Å². The van der Waals surface area contributed by atoms with Gasteiger partial charge in [0.15, 0.2) is 0 Å². The van der Waals surface area contributed by atoms with E-state index in [2.05, 4.69) is 17.2 Å². The highest BCUT2D eigenvalue weighted by molar-refractivity contribution is 5.92. The first-order valence-corrected chi connectivity index (χ1v) is 12.9. The van der Waals surface area contributed by atoms with Crippen molar-refractivity contribution in [3.63, 3.8) is 0 Å². The number of benzene rings is 2. The molecule has 8 heteroatoms. The van der Waals surface area contributed by atoms with Gasteiger partial charge in [-0.05, 0) is 75.4 Å². The Morgan fingerprint density at radius 3 is 2.61 bits per heavy atom. The molecule has 8 nitrogen and oxygen atoms in total. The highest BCUT2D eigenvalue weighted by Crippen LogP contribution is 2.31. The normalized spacial score (nSPS) is 12.4. The topological polar surface area (TPSA) is 111 Å². The molecular weight excluding hydrogens is 484 g/mol. The molecule has 0 saturated carbocycles. The van der Waals surface area contributed by atoms with Gasteiger partial charge in [-0.3, -0.25) is 0 Å². The van der Waals surface area contributed by atoms with E-state index in [1.165, 1.54) is 6.07 Å². The molecule has 2 heterocycles. The molecule has 200 valence electrons. The van der Waals surface area contributed by atoms with Crippen molar-refractivity contribution in [3.05, 3.63) is 75.8 Å². The molecule has 0 bridgehead atoms. The van der Waals surface area contributed by atoms with Crippen LogP contribution in [0.4, 0.5) is 4.79 Å². The quantitative estimate of drug-likeness (QED) is 0.169. The molecule has 0 radical (unpaired) electrons. The number of hydrogen-bond donors (Lipinski definition) is 2. The molecule has 0 aliphatic heterocycles. The van der Waals surface area contributed by atoms with Crippen LogP contribution in [0.2, 0.25) is 0 Å². The van der Waals surface area contributed by atoms with Crippen molar-refractivity contribution in [1.82, 2.24) is 10.3 Å². The smallest absolute Gasteiger partial charge is 0.408 e. The maximum Gasteiger partial charge on any atom is 0.408 e. The Kier molecular flexibility index (Phi) is 7.90. The largest absolute Gasteiger partial charge is 0.444 e. The molecule has 0 aliphatic carbocycles. The molecule has 4 rings (SSSR count). The van der Waals surface area contributed by atoms with E-state index in [0.717, 1.165) is 40.4 Å². The van der Waals surface area contributed by atoms with E-state index in [-0.39, 0.29) is 12.2 Å². The number of carbonyl (C=O) groups excluding carboxylic acids is 2. The minimum Gasteiger partial charge on any atom is -0.444 e. The SMILES string of the molecule is CCCCc1cc(=O)oc2cc(C)cc(OC(=O)C(Cc3c[nH]c4ccccc34)NC(=O)OC(C)(C)C)c12. The molecule has 1 unspecified atom stereocenters. The number of fused-ring (bicyclic) bond motifs is 2. The zero-order valence-corrected chi connectivity index (χ0v) is 22.5. The van der Waals surface area contributed by atoms with Crippen molar-refractivity contribution in [1.29, 1.82) is 0 Å². The Labute approximate surface area is 221 Å². The van der Waals surface area contributed by atoms with Crippen LogP contribution in [0.25, 0.3) is 21.9 Å². The van der Waals surface area contributed by atoms with Crippen LogP contribution in [0.1, 0.15) is 57.2 Å². The van der Waals surface area contributed by atoms with Crippen LogP contribution in [-0.2, 0) is 22.4 Å². The minimum absolute atomic E-state index is 0.184. The Morgan fingerprint density at radius 2 is 1.87 bits per heavy atom. The van der Waals surface area contributed by atoms with Crippen molar-refractivity contribution in [2.75, 3.05) is 0 Å². The lowest BCUT2D eigenvalue weighted by Crippen LogP contribution is -2.46. The molecule has 0 fully saturated rings. The third-order valence-electron chi connectivity index (χ3n) is 6.12. The van der Waals surface area contributed by atoms with Crippen LogP contribution in [-0.4, -0.2) is 28.7 Å². The number of aromatic amines is 1. The van der Waals surface area contributed by atoms with Gasteiger partial charge >= 0.3 is 17.7 Å². The third-order valence-corrected chi connectivity index (χ3v) is 6.12. The standard InChI is InChI=1S/C30H34N2O6/c1-6-7-10-19-16-26(33)36-24-13-18(2)14-25(27(19)24)37-28(34)23(32-29(35)38-30(3,4)5)15-20-17-31-22-12-9-8-11-21(20)22/h8-9,11-14,16-17,23,31H,6-7,10,15H2,1-5H3,(H,32,35). The molecule has 0 aliphatic rings. The van der Waals surface area contributed by atoms with Gasteiger partial charge < -0.3 is 24.2 Å². The van der Waals surface area contributed by atoms with Crippen molar-refractivity contribution >= 4 is 33.9 Å². The fourth-order valence-electron chi connectivity index (χ4n) is 4.46. The number of nitrogens with one attached hydrogen (secondary N) is 2. The molecule has 38 heavy (non-hydrogen) atoms. The summed E-state index contributed by atoms with van der Waals surface area (Å²) in [5, 5.41) is 4.22. The second-order valence-electron chi connectivity index (χ2n) is 10.5. The molecule has 1 amide bonds. The fraction of sp³-hybridized carbons (Fsp3) is 0.367. The molecule has 1 atom stereocenters. The van der Waals surface area contributed by atoms with E-state index in [1.54, 1.807) is 32.9 Å². The van der Waals surface area contributed by atoms with Crippen LogP contribution in [0, 0.1) is 6.92 Å². The van der Waals surface area contributed by atoms with Crippen LogP contribution < -0.4 is 15.7 Å². The predicted octanol–water partition coefficient (Wildman–Crippen LogP) is 5.97. The first kappa shape index (κ1) is 27.0. The molecular formula is C30H34N2O6. The Bertz CT molecular complexity index is 1530. The average molecular weight is 519 g/mol. The van der Waals surface area contributed by atoms with Gasteiger partial charge in [-0.2, -0.15) is 0 Å². The molecule has 0 saturated heterocycles. The number of amides is 1. The highest BCUT2D eigenvalue weighted by atomic mass is 16.6. The summed E-state index contributed by atoms with van der Waals surface area (Å²) in [7, 11) is 0. The van der Waals surface area contributed by atoms with Gasteiger partial charge in [-0.15, -0.1) is 0 Å². The number of aromatic nitrogens is 1. The molecule has 2 aromatic carbocycles. The lowest BCUT2D eigenvalue weighted by molar-refractivity contribution is -0.136. The van der Waals surface area contributed by atoms with Crippen LogP contribution in [0.15, 0.2) is 57.9 Å². The van der Waals surface area contributed by atoms with Gasteiger partial charge in [0.25, 0.3) is 0 Å². The lowest BCUT2D eigenvalue weighted by atomic mass is 10.0. The summed E-state index contributed by atoms with van der Waals surface area (Å²) in [6, 6.07) is 11.6. The monoisotopic (exact) mass is 518 g/mol. The summed E-state index contributed by atoms with van der Waals surface area (Å²) in [6.07, 6.45) is 3.73. The number of para-hydroxylation sites is 1. The van der Waals surface area contributed by atoms with E-state index in [1.807, 2.05) is 37.4 Å². The van der Waals surface area contributed by atoms with Gasteiger partial charge in [0, 0.05) is 29.6 Å². The van der Waals surface area contributed by atoms with Crippen LogP contribution >= 0.6 is 0 Å². The number of hydrogen-bond acceptors (Lipinski definition) is 6. The molecule has 2 aromatic heterocycles. The fourth-order valence-corrected chi connectivity index (χ4v) is 4.46. The van der Waals surface area contributed by atoms with E-state index < -0.39 is 29.3 Å². The maximum absolute atomic E-state index is 13.6. The zero-order valence-electron chi connectivity index (χ0n) is 22.5. The molecule has 2 N–H and O–H groups in total. The molecule has 4 aromatic rings. The van der Waals surface area contributed by atoms with E-state index in [9.17, 15) is 14.4 Å². The van der Waals surface area contributed by atoms with Gasteiger partial charge in [0.2, 0.25) is 0 Å². The summed E-state index contributed by atoms with van der Waals surface area (Å²) in [5.74, 6) is -0.365. The predicted molar refractivity (Wildman–Crippen MR) is 147 cm³/mol. The number of H-pyrrole nitrogens is 1. The number of alkyl carbamates (subject to hydrolysis) is 1. The summed E-state index contributed by atoms with van der Waals surface area (Å²) < 4.78 is 16.8. The first-order valence-electron chi connectivity index (χ1n) is 12.9. The first-order chi connectivity index (χ1) is 18.0. The van der Waals surface area contributed by atoms with Gasteiger partial charge in [-0.1, -0.05) is 31.5 Å². The number of esters is 1. The minimum atomic E-state index is -1.03. The average Bonchev–Trinajstić information content (AvgIpc) is 3.23. The number of unbranched alkanes of at least 4 members (excludes halogenated alkanes) is 1. The molecule has 0 spiro atoms. The summed E-state index contributed by atoms with van der Waals surface area (Å²) in [4.78, 5) is 41.7. The number of rotatable bonds is 8. The van der Waals surface area contributed by atoms with E-state index >= 15 is 0 Å². The summed E-state index contributed by atoms with van der Waals surface area (Å²) in [5.41, 5.74) is 2.47. The Morgan fingerprint density at radius 1 is 1.11 bits per heavy atom. The number of aryl methyl sites for hydroxylation is 2.